The lowest BCUT2D eigenvalue weighted by molar-refractivity contribution is -0.124. The first-order valence-electron chi connectivity index (χ1n) is 6.64. The average molecular weight is 292 g/mol. The Morgan fingerprint density at radius 2 is 2.11 bits per heavy atom. The van der Waals surface area contributed by atoms with Crippen LogP contribution in [-0.2, 0) is 14.8 Å². The highest BCUT2D eigenvalue weighted by Gasteiger charge is 2.36. The van der Waals surface area contributed by atoms with E-state index < -0.39 is 22.2 Å². The van der Waals surface area contributed by atoms with Gasteiger partial charge in [0, 0.05) is 13.1 Å². The van der Waals surface area contributed by atoms with Gasteiger partial charge in [-0.1, -0.05) is 13.8 Å². The molecule has 7 heteroatoms. The van der Waals surface area contributed by atoms with Crippen LogP contribution in [0.25, 0.3) is 0 Å². The molecule has 1 saturated heterocycles. The van der Waals surface area contributed by atoms with Gasteiger partial charge in [-0.2, -0.15) is 4.31 Å². The Hall–Kier alpha value is -0.660. The molecule has 0 spiro atoms. The van der Waals surface area contributed by atoms with Crippen molar-refractivity contribution >= 4 is 15.9 Å². The van der Waals surface area contributed by atoms with Gasteiger partial charge in [0.2, 0.25) is 15.9 Å². The third-order valence-electron chi connectivity index (χ3n) is 3.19. The fourth-order valence-electron chi connectivity index (χ4n) is 2.36. The quantitative estimate of drug-likeness (QED) is 0.717. The van der Waals surface area contributed by atoms with E-state index in [0.717, 1.165) is 6.26 Å². The standard InChI is InChI=1S/C12H24N2O4S/c1-9(2)7-10(15)8-13-12(16)11-5-4-6-14(11)19(3,17)18/h9-11,15H,4-8H2,1-3H3,(H,13,16). The summed E-state index contributed by atoms with van der Waals surface area (Å²) < 4.78 is 24.3. The van der Waals surface area contributed by atoms with E-state index in [2.05, 4.69) is 5.32 Å². The summed E-state index contributed by atoms with van der Waals surface area (Å²) >= 11 is 0. The topological polar surface area (TPSA) is 86.7 Å². The lowest BCUT2D eigenvalue weighted by atomic mass is 10.1. The number of aliphatic hydroxyl groups is 1. The molecule has 1 heterocycles. The monoisotopic (exact) mass is 292 g/mol. The Kier molecular flexibility index (Phi) is 5.76. The van der Waals surface area contributed by atoms with Crippen LogP contribution in [0, 0.1) is 5.92 Å². The van der Waals surface area contributed by atoms with Gasteiger partial charge >= 0.3 is 0 Å². The number of carbonyl (C=O) groups is 1. The van der Waals surface area contributed by atoms with Gasteiger partial charge in [-0.05, 0) is 25.2 Å². The number of aliphatic hydroxyl groups excluding tert-OH is 1. The summed E-state index contributed by atoms with van der Waals surface area (Å²) in [6.07, 6.45) is 2.38. The summed E-state index contributed by atoms with van der Waals surface area (Å²) in [4.78, 5) is 12.0. The number of nitrogens with one attached hydrogen (secondary N) is 1. The predicted octanol–water partition coefficient (Wildman–Crippen LogP) is -0.0664. The first-order chi connectivity index (χ1) is 8.71. The number of nitrogens with zero attached hydrogens (tertiary/aromatic N) is 1. The van der Waals surface area contributed by atoms with Crippen LogP contribution in [0.5, 0.6) is 0 Å². The molecule has 0 aromatic carbocycles. The maximum atomic E-state index is 12.0. The lowest BCUT2D eigenvalue weighted by Crippen LogP contribution is -2.47. The summed E-state index contributed by atoms with van der Waals surface area (Å²) in [6, 6.07) is -0.624. The zero-order chi connectivity index (χ0) is 14.6. The van der Waals surface area contributed by atoms with Crippen molar-refractivity contribution in [2.75, 3.05) is 19.3 Å². The minimum Gasteiger partial charge on any atom is -0.391 e. The number of hydrogen-bond acceptors (Lipinski definition) is 4. The molecule has 19 heavy (non-hydrogen) atoms. The highest BCUT2D eigenvalue weighted by molar-refractivity contribution is 7.88. The predicted molar refractivity (Wildman–Crippen MR) is 73.0 cm³/mol. The van der Waals surface area contributed by atoms with E-state index in [0.29, 0.717) is 31.7 Å². The molecule has 0 aromatic rings. The van der Waals surface area contributed by atoms with Crippen molar-refractivity contribution in [3.63, 3.8) is 0 Å². The molecule has 1 fully saturated rings. The average Bonchev–Trinajstić information content (AvgIpc) is 2.73. The summed E-state index contributed by atoms with van der Waals surface area (Å²) in [5.74, 6) is 0.0385. The van der Waals surface area contributed by atoms with Crippen LogP contribution >= 0.6 is 0 Å². The van der Waals surface area contributed by atoms with E-state index in [9.17, 15) is 18.3 Å². The molecule has 0 bridgehead atoms. The third kappa shape index (κ3) is 5.08. The second-order valence-electron chi connectivity index (χ2n) is 5.56. The van der Waals surface area contributed by atoms with Gasteiger partial charge in [-0.3, -0.25) is 4.79 Å². The second kappa shape index (κ2) is 6.67. The van der Waals surface area contributed by atoms with Crippen molar-refractivity contribution in [1.82, 2.24) is 9.62 Å². The fraction of sp³-hybridized carbons (Fsp3) is 0.917. The van der Waals surface area contributed by atoms with Gasteiger partial charge in [0.15, 0.2) is 0 Å². The lowest BCUT2D eigenvalue weighted by Gasteiger charge is -2.22. The van der Waals surface area contributed by atoms with Crippen LogP contribution in [0.2, 0.25) is 0 Å². The van der Waals surface area contributed by atoms with Gasteiger partial charge in [-0.25, -0.2) is 8.42 Å². The van der Waals surface area contributed by atoms with Crippen molar-refractivity contribution in [3.05, 3.63) is 0 Å². The third-order valence-corrected chi connectivity index (χ3v) is 4.48. The van der Waals surface area contributed by atoms with E-state index in [1.54, 1.807) is 0 Å². The molecule has 2 unspecified atom stereocenters. The highest BCUT2D eigenvalue weighted by Crippen LogP contribution is 2.20. The number of sulfonamides is 1. The minimum absolute atomic E-state index is 0.172. The number of hydrogen-bond donors (Lipinski definition) is 2. The SMILES string of the molecule is CC(C)CC(O)CNC(=O)C1CCCN1S(C)(=O)=O. The molecule has 2 atom stereocenters. The van der Waals surface area contributed by atoms with Crippen LogP contribution in [0.4, 0.5) is 0 Å². The molecule has 1 aliphatic heterocycles. The Balaban J connectivity index is 2.49. The fourth-order valence-corrected chi connectivity index (χ4v) is 3.49. The maximum Gasteiger partial charge on any atom is 0.238 e. The Morgan fingerprint density at radius 1 is 1.47 bits per heavy atom. The highest BCUT2D eigenvalue weighted by atomic mass is 32.2. The number of carbonyl (C=O) groups excluding carboxylic acids is 1. The van der Waals surface area contributed by atoms with Crippen molar-refractivity contribution in [2.24, 2.45) is 5.92 Å². The smallest absolute Gasteiger partial charge is 0.238 e. The molecular weight excluding hydrogens is 268 g/mol. The first kappa shape index (κ1) is 16.4. The van der Waals surface area contributed by atoms with Crippen molar-refractivity contribution in [2.45, 2.75) is 45.3 Å². The summed E-state index contributed by atoms with van der Waals surface area (Å²) in [7, 11) is -3.34. The van der Waals surface area contributed by atoms with Crippen molar-refractivity contribution in [1.29, 1.82) is 0 Å². The zero-order valence-electron chi connectivity index (χ0n) is 11.8. The maximum absolute atomic E-state index is 12.0. The Labute approximate surface area is 115 Å². The zero-order valence-corrected chi connectivity index (χ0v) is 12.6. The van der Waals surface area contributed by atoms with Gasteiger partial charge < -0.3 is 10.4 Å². The number of rotatable bonds is 6. The summed E-state index contributed by atoms with van der Waals surface area (Å²) in [6.45, 7) is 4.55. The van der Waals surface area contributed by atoms with E-state index in [4.69, 9.17) is 0 Å². The summed E-state index contributed by atoms with van der Waals surface area (Å²) in [5, 5.41) is 12.3. The van der Waals surface area contributed by atoms with E-state index >= 15 is 0 Å². The van der Waals surface area contributed by atoms with Crippen LogP contribution in [0.3, 0.4) is 0 Å². The van der Waals surface area contributed by atoms with E-state index in [1.807, 2.05) is 13.8 Å². The van der Waals surface area contributed by atoms with Gasteiger partial charge in [0.05, 0.1) is 12.4 Å². The van der Waals surface area contributed by atoms with Crippen LogP contribution in [0.1, 0.15) is 33.1 Å². The molecule has 1 aliphatic rings. The van der Waals surface area contributed by atoms with Gasteiger partial charge in [-0.15, -0.1) is 0 Å². The molecule has 1 rings (SSSR count). The second-order valence-corrected chi connectivity index (χ2v) is 7.50. The Morgan fingerprint density at radius 3 is 2.63 bits per heavy atom. The van der Waals surface area contributed by atoms with Gasteiger partial charge in [0.25, 0.3) is 0 Å². The molecule has 0 saturated carbocycles. The molecule has 6 nitrogen and oxygen atoms in total. The number of amides is 1. The van der Waals surface area contributed by atoms with Crippen LogP contribution in [-0.4, -0.2) is 55.2 Å². The van der Waals surface area contributed by atoms with Crippen LogP contribution in [0.15, 0.2) is 0 Å². The molecule has 112 valence electrons. The van der Waals surface area contributed by atoms with Crippen LogP contribution < -0.4 is 5.32 Å². The molecular formula is C12H24N2O4S. The molecule has 0 radical (unpaired) electrons. The minimum atomic E-state index is -3.34. The molecule has 2 N–H and O–H groups in total. The molecule has 0 aliphatic carbocycles. The van der Waals surface area contributed by atoms with Crippen molar-refractivity contribution in [3.8, 4) is 0 Å². The van der Waals surface area contributed by atoms with Gasteiger partial charge in [0.1, 0.15) is 6.04 Å². The van der Waals surface area contributed by atoms with Crippen molar-refractivity contribution < 1.29 is 18.3 Å². The largest absolute Gasteiger partial charge is 0.391 e. The first-order valence-corrected chi connectivity index (χ1v) is 8.49. The molecule has 1 amide bonds. The Bertz CT molecular complexity index is 408. The van der Waals surface area contributed by atoms with E-state index in [1.165, 1.54) is 4.31 Å². The summed E-state index contributed by atoms with van der Waals surface area (Å²) in [5.41, 5.74) is 0. The van der Waals surface area contributed by atoms with E-state index in [-0.39, 0.29) is 12.5 Å². The molecule has 0 aromatic heterocycles. The normalized spacial score (nSPS) is 22.7.